The Kier molecular flexibility index (Phi) is 16.9. The van der Waals surface area contributed by atoms with Gasteiger partial charge in [0.2, 0.25) is 0 Å². The fourth-order valence-corrected chi connectivity index (χ4v) is 2.36. The third-order valence-corrected chi connectivity index (χ3v) is 3.75. The maximum Gasteiger partial charge on any atom is 0.328 e. The average Bonchev–Trinajstić information content (AvgIpc) is 2.55. The molecule has 138 valence electrons. The van der Waals surface area contributed by atoms with Crippen LogP contribution in [0.5, 0.6) is 0 Å². The van der Waals surface area contributed by atoms with Crippen LogP contribution >= 0.6 is 0 Å². The Morgan fingerprint density at radius 2 is 1.42 bits per heavy atom. The van der Waals surface area contributed by atoms with E-state index >= 15 is 0 Å². The number of carbonyl (C=O) groups is 1. The summed E-state index contributed by atoms with van der Waals surface area (Å²) in [6.07, 6.45) is 21.6. The maximum atomic E-state index is 10.3. The number of carboxylic acid groups (broad SMARTS) is 1. The van der Waals surface area contributed by atoms with Crippen LogP contribution < -0.4 is 0 Å². The van der Waals surface area contributed by atoms with Crippen LogP contribution in [0.25, 0.3) is 0 Å². The van der Waals surface area contributed by atoms with Crippen molar-refractivity contribution in [3.8, 4) is 0 Å². The second kappa shape index (κ2) is 18.0. The van der Waals surface area contributed by atoms with E-state index in [2.05, 4.69) is 12.2 Å². The quantitative estimate of drug-likeness (QED) is 0.169. The van der Waals surface area contributed by atoms with Gasteiger partial charge in [-0.15, -0.1) is 0 Å². The van der Waals surface area contributed by atoms with Gasteiger partial charge in [-0.05, 0) is 38.5 Å². The van der Waals surface area contributed by atoms with Gasteiger partial charge in [0.1, 0.15) is 0 Å². The molecule has 0 bridgehead atoms. The average molecular weight is 338 g/mol. The van der Waals surface area contributed by atoms with Gasteiger partial charge in [-0.2, -0.15) is 0 Å². The summed E-state index contributed by atoms with van der Waals surface area (Å²) in [5.41, 5.74) is 0. The molecule has 0 aromatic heterocycles. The van der Waals surface area contributed by atoms with Crippen molar-refractivity contribution >= 4 is 5.97 Å². The molecule has 0 fully saturated rings. The molecule has 3 N–H and O–H groups in total. The summed E-state index contributed by atoms with van der Waals surface area (Å²) < 4.78 is 0. The first-order valence-corrected chi connectivity index (χ1v) is 9.18. The summed E-state index contributed by atoms with van der Waals surface area (Å²) >= 11 is 0. The first-order valence-electron chi connectivity index (χ1n) is 9.18. The van der Waals surface area contributed by atoms with E-state index < -0.39 is 12.1 Å². The lowest BCUT2D eigenvalue weighted by molar-refractivity contribution is -0.131. The Balaban J connectivity index is 3.37. The smallest absolute Gasteiger partial charge is 0.328 e. The fourth-order valence-electron chi connectivity index (χ4n) is 2.36. The normalized spacial score (nSPS) is 13.4. The maximum absolute atomic E-state index is 10.3. The van der Waals surface area contributed by atoms with E-state index in [1.165, 1.54) is 25.3 Å². The highest BCUT2D eigenvalue weighted by atomic mass is 16.4. The van der Waals surface area contributed by atoms with Crippen LogP contribution in [0.1, 0.15) is 70.6 Å². The van der Waals surface area contributed by atoms with Crippen LogP contribution in [0.3, 0.4) is 0 Å². The van der Waals surface area contributed by atoms with Gasteiger partial charge in [0, 0.05) is 12.7 Å². The minimum absolute atomic E-state index is 0.314. The van der Waals surface area contributed by atoms with Gasteiger partial charge in [-0.3, -0.25) is 0 Å². The molecule has 0 aliphatic carbocycles. The first-order chi connectivity index (χ1) is 11.7. The molecule has 1 unspecified atom stereocenters. The van der Waals surface area contributed by atoms with E-state index in [0.717, 1.165) is 57.4 Å². The third kappa shape index (κ3) is 18.7. The predicted molar refractivity (Wildman–Crippen MR) is 98.9 cm³/mol. The lowest BCUT2D eigenvalue weighted by Gasteiger charge is -2.04. The van der Waals surface area contributed by atoms with Gasteiger partial charge in [-0.25, -0.2) is 4.79 Å². The van der Waals surface area contributed by atoms with Crippen LogP contribution in [-0.2, 0) is 4.79 Å². The molecule has 0 aliphatic rings. The van der Waals surface area contributed by atoms with Gasteiger partial charge in [0.25, 0.3) is 0 Å². The Morgan fingerprint density at radius 3 is 2.04 bits per heavy atom. The lowest BCUT2D eigenvalue weighted by atomic mass is 10.1. The largest absolute Gasteiger partial charge is 0.478 e. The molecule has 0 aliphatic heterocycles. The molecule has 1 atom stereocenters. The summed E-state index contributed by atoms with van der Waals surface area (Å²) in [6, 6.07) is 0. The third-order valence-electron chi connectivity index (χ3n) is 3.75. The molecule has 0 spiro atoms. The highest BCUT2D eigenvalue weighted by Crippen LogP contribution is 2.09. The predicted octanol–water partition coefficient (Wildman–Crippen LogP) is 4.38. The number of carboxylic acids is 1. The number of aliphatic hydroxyl groups excluding tert-OH is 2. The van der Waals surface area contributed by atoms with E-state index in [1.807, 2.05) is 0 Å². The van der Waals surface area contributed by atoms with E-state index in [4.69, 9.17) is 10.2 Å². The summed E-state index contributed by atoms with van der Waals surface area (Å²) in [5.74, 6) is -0.983. The lowest BCUT2D eigenvalue weighted by Crippen LogP contribution is -2.01. The van der Waals surface area contributed by atoms with Crippen LogP contribution in [0.15, 0.2) is 36.5 Å². The number of aliphatic carboxylic acids is 1. The molecule has 4 heteroatoms. The molecule has 0 amide bonds. The molecule has 4 nitrogen and oxygen atoms in total. The molecular formula is C20H34O4. The Bertz CT molecular complexity index is 372. The summed E-state index contributed by atoms with van der Waals surface area (Å²) in [5, 5.41) is 26.8. The van der Waals surface area contributed by atoms with Crippen molar-refractivity contribution in [3.63, 3.8) is 0 Å². The highest BCUT2D eigenvalue weighted by molar-refractivity contribution is 5.80. The zero-order chi connectivity index (χ0) is 17.9. The van der Waals surface area contributed by atoms with Crippen LogP contribution in [-0.4, -0.2) is 34.0 Å². The van der Waals surface area contributed by atoms with E-state index in [9.17, 15) is 9.90 Å². The topological polar surface area (TPSA) is 77.8 Å². The molecule has 0 saturated heterocycles. The molecule has 0 heterocycles. The van der Waals surface area contributed by atoms with Crippen LogP contribution in [0, 0.1) is 0 Å². The van der Waals surface area contributed by atoms with Crippen molar-refractivity contribution in [1.29, 1.82) is 0 Å². The van der Waals surface area contributed by atoms with E-state index in [0.29, 0.717) is 6.61 Å². The van der Waals surface area contributed by atoms with Crippen molar-refractivity contribution in [2.45, 2.75) is 76.7 Å². The summed E-state index contributed by atoms with van der Waals surface area (Å²) in [7, 11) is 0. The number of hydrogen-bond acceptors (Lipinski definition) is 3. The standard InChI is InChI=1S/C20H34O4/c21-18-14-10-8-6-4-2-1-3-5-7-9-11-15-19(22)16-12-13-17-20(23)24/h1,3,12-13,16-17,19,21-22H,2,4-11,14-15,18H2,(H,23,24). The van der Waals surface area contributed by atoms with Gasteiger partial charge in [0.15, 0.2) is 0 Å². The van der Waals surface area contributed by atoms with Crippen molar-refractivity contribution in [1.82, 2.24) is 0 Å². The first kappa shape index (κ1) is 22.6. The number of rotatable bonds is 16. The number of allylic oxidation sites excluding steroid dienone is 4. The highest BCUT2D eigenvalue weighted by Gasteiger charge is 1.97. The second-order valence-electron chi connectivity index (χ2n) is 6.04. The molecule has 0 aromatic carbocycles. The van der Waals surface area contributed by atoms with Gasteiger partial charge < -0.3 is 15.3 Å². The zero-order valence-corrected chi connectivity index (χ0v) is 14.8. The molecular weight excluding hydrogens is 304 g/mol. The van der Waals surface area contributed by atoms with E-state index in [1.54, 1.807) is 12.2 Å². The van der Waals surface area contributed by atoms with Crippen molar-refractivity contribution in [3.05, 3.63) is 36.5 Å². The number of aliphatic hydroxyl groups is 2. The van der Waals surface area contributed by atoms with Crippen molar-refractivity contribution in [2.24, 2.45) is 0 Å². The van der Waals surface area contributed by atoms with E-state index in [-0.39, 0.29) is 0 Å². The van der Waals surface area contributed by atoms with Crippen molar-refractivity contribution < 1.29 is 20.1 Å². The summed E-state index contributed by atoms with van der Waals surface area (Å²) in [4.78, 5) is 10.3. The minimum Gasteiger partial charge on any atom is -0.478 e. The molecule has 0 rings (SSSR count). The molecule has 0 radical (unpaired) electrons. The SMILES string of the molecule is O=C(O)C=CC=CC(O)CCCCCC=CCCCCCCCO. The summed E-state index contributed by atoms with van der Waals surface area (Å²) in [6.45, 7) is 0.314. The number of unbranched alkanes of at least 4 members (excludes halogenated alkanes) is 8. The van der Waals surface area contributed by atoms with Gasteiger partial charge in [-0.1, -0.05) is 62.5 Å². The second-order valence-corrected chi connectivity index (χ2v) is 6.04. The van der Waals surface area contributed by atoms with Crippen LogP contribution in [0.4, 0.5) is 0 Å². The van der Waals surface area contributed by atoms with Crippen molar-refractivity contribution in [2.75, 3.05) is 6.61 Å². The Morgan fingerprint density at radius 1 is 0.833 bits per heavy atom. The minimum atomic E-state index is -0.983. The van der Waals surface area contributed by atoms with Gasteiger partial charge in [0.05, 0.1) is 6.10 Å². The Hall–Kier alpha value is -1.39. The molecule has 0 aromatic rings. The molecule has 0 saturated carbocycles. The fraction of sp³-hybridized carbons (Fsp3) is 0.650. The number of hydrogen-bond donors (Lipinski definition) is 3. The zero-order valence-electron chi connectivity index (χ0n) is 14.8. The molecule has 24 heavy (non-hydrogen) atoms. The van der Waals surface area contributed by atoms with Crippen LogP contribution in [0.2, 0.25) is 0 Å². The Labute approximate surface area is 146 Å². The monoisotopic (exact) mass is 338 g/mol. The van der Waals surface area contributed by atoms with Gasteiger partial charge >= 0.3 is 5.97 Å².